The highest BCUT2D eigenvalue weighted by molar-refractivity contribution is 5.92. The minimum Gasteiger partial charge on any atom is -0.497 e. The number of nitrogens with one attached hydrogen (secondary N) is 1. The Kier molecular flexibility index (Phi) is 4.03. The van der Waals surface area contributed by atoms with Crippen molar-refractivity contribution in [2.24, 2.45) is 0 Å². The molecule has 0 radical (unpaired) electrons. The van der Waals surface area contributed by atoms with Gasteiger partial charge in [-0.05, 0) is 37.6 Å². The molecule has 0 atom stereocenters. The summed E-state index contributed by atoms with van der Waals surface area (Å²) in [4.78, 5) is 4.69. The van der Waals surface area contributed by atoms with E-state index in [0.717, 1.165) is 47.4 Å². The molecule has 2 aromatic rings. The third kappa shape index (κ3) is 2.55. The SMILES string of the molecule is CCCc1cc(NCC)c2cc(OC)ccc2n1. The molecular weight excluding hydrogens is 224 g/mol. The summed E-state index contributed by atoms with van der Waals surface area (Å²) in [5, 5.41) is 4.53. The third-order valence-corrected chi connectivity index (χ3v) is 2.94. The van der Waals surface area contributed by atoms with Crippen molar-refractivity contribution >= 4 is 16.6 Å². The number of rotatable bonds is 5. The largest absolute Gasteiger partial charge is 0.497 e. The number of fused-ring (bicyclic) bond motifs is 1. The molecule has 0 aliphatic rings. The molecule has 0 unspecified atom stereocenters. The lowest BCUT2D eigenvalue weighted by atomic mass is 10.1. The lowest BCUT2D eigenvalue weighted by Gasteiger charge is -2.11. The average molecular weight is 244 g/mol. The molecule has 96 valence electrons. The Morgan fingerprint density at radius 3 is 2.72 bits per heavy atom. The monoisotopic (exact) mass is 244 g/mol. The van der Waals surface area contributed by atoms with E-state index >= 15 is 0 Å². The molecule has 0 bridgehead atoms. The molecule has 18 heavy (non-hydrogen) atoms. The van der Waals surface area contributed by atoms with E-state index in [0.29, 0.717) is 0 Å². The number of hydrogen-bond donors (Lipinski definition) is 1. The van der Waals surface area contributed by atoms with Gasteiger partial charge in [-0.15, -0.1) is 0 Å². The molecule has 3 nitrogen and oxygen atoms in total. The molecule has 0 saturated heterocycles. The topological polar surface area (TPSA) is 34.1 Å². The van der Waals surface area contributed by atoms with E-state index in [1.807, 2.05) is 18.2 Å². The molecule has 0 fully saturated rings. The molecule has 0 aliphatic heterocycles. The van der Waals surface area contributed by atoms with Gasteiger partial charge in [-0.3, -0.25) is 4.98 Å². The summed E-state index contributed by atoms with van der Waals surface area (Å²) in [5.74, 6) is 0.867. The highest BCUT2D eigenvalue weighted by atomic mass is 16.5. The summed E-state index contributed by atoms with van der Waals surface area (Å²) in [5.41, 5.74) is 3.31. The van der Waals surface area contributed by atoms with E-state index in [4.69, 9.17) is 4.74 Å². The lowest BCUT2D eigenvalue weighted by Crippen LogP contribution is -2.01. The number of aryl methyl sites for hydroxylation is 1. The van der Waals surface area contributed by atoms with Crippen molar-refractivity contribution in [1.29, 1.82) is 0 Å². The van der Waals surface area contributed by atoms with E-state index in [9.17, 15) is 0 Å². The van der Waals surface area contributed by atoms with Gasteiger partial charge in [0.2, 0.25) is 0 Å². The Labute approximate surface area is 108 Å². The number of hydrogen-bond acceptors (Lipinski definition) is 3. The fourth-order valence-electron chi connectivity index (χ4n) is 2.11. The Balaban J connectivity index is 2.56. The number of aromatic nitrogens is 1. The zero-order valence-corrected chi connectivity index (χ0v) is 11.3. The van der Waals surface area contributed by atoms with Crippen LogP contribution in [0.25, 0.3) is 10.9 Å². The van der Waals surface area contributed by atoms with Gasteiger partial charge in [0, 0.05) is 23.3 Å². The summed E-state index contributed by atoms with van der Waals surface area (Å²) < 4.78 is 5.28. The average Bonchev–Trinajstić information content (AvgIpc) is 2.39. The van der Waals surface area contributed by atoms with Crippen molar-refractivity contribution in [3.8, 4) is 5.75 Å². The van der Waals surface area contributed by atoms with E-state index in [1.165, 1.54) is 0 Å². The van der Waals surface area contributed by atoms with Crippen molar-refractivity contribution in [1.82, 2.24) is 4.98 Å². The first kappa shape index (κ1) is 12.7. The second kappa shape index (κ2) is 5.71. The van der Waals surface area contributed by atoms with E-state index in [-0.39, 0.29) is 0 Å². The van der Waals surface area contributed by atoms with Crippen LogP contribution in [-0.2, 0) is 6.42 Å². The van der Waals surface area contributed by atoms with Gasteiger partial charge in [0.1, 0.15) is 5.75 Å². The number of nitrogens with zero attached hydrogens (tertiary/aromatic N) is 1. The van der Waals surface area contributed by atoms with Crippen LogP contribution in [-0.4, -0.2) is 18.6 Å². The van der Waals surface area contributed by atoms with Gasteiger partial charge in [-0.2, -0.15) is 0 Å². The van der Waals surface area contributed by atoms with E-state index < -0.39 is 0 Å². The van der Waals surface area contributed by atoms with Gasteiger partial charge in [0.25, 0.3) is 0 Å². The van der Waals surface area contributed by atoms with Crippen LogP contribution in [0.4, 0.5) is 5.69 Å². The van der Waals surface area contributed by atoms with Crippen molar-refractivity contribution in [3.05, 3.63) is 30.0 Å². The Morgan fingerprint density at radius 2 is 2.06 bits per heavy atom. The van der Waals surface area contributed by atoms with Crippen LogP contribution in [0.2, 0.25) is 0 Å². The van der Waals surface area contributed by atoms with E-state index in [2.05, 4.69) is 30.2 Å². The highest BCUT2D eigenvalue weighted by Crippen LogP contribution is 2.27. The molecular formula is C15H20N2O. The summed E-state index contributed by atoms with van der Waals surface area (Å²) in [6, 6.07) is 8.17. The molecule has 1 heterocycles. The summed E-state index contributed by atoms with van der Waals surface area (Å²) in [6.45, 7) is 5.18. The maximum atomic E-state index is 5.28. The number of ether oxygens (including phenoxy) is 1. The molecule has 2 rings (SSSR count). The number of methoxy groups -OCH3 is 1. The van der Waals surface area contributed by atoms with Crippen LogP contribution in [0.5, 0.6) is 5.75 Å². The minimum absolute atomic E-state index is 0.867. The van der Waals surface area contributed by atoms with Crippen LogP contribution in [0, 0.1) is 0 Å². The maximum Gasteiger partial charge on any atom is 0.119 e. The summed E-state index contributed by atoms with van der Waals surface area (Å²) in [7, 11) is 1.69. The highest BCUT2D eigenvalue weighted by Gasteiger charge is 2.06. The normalized spacial score (nSPS) is 10.6. The first-order valence-corrected chi connectivity index (χ1v) is 6.50. The Bertz CT molecular complexity index is 537. The molecule has 1 N–H and O–H groups in total. The van der Waals surface area contributed by atoms with Crippen LogP contribution < -0.4 is 10.1 Å². The second-order valence-corrected chi connectivity index (χ2v) is 4.32. The molecule has 3 heteroatoms. The summed E-state index contributed by atoms with van der Waals surface area (Å²) in [6.07, 6.45) is 2.13. The molecule has 1 aromatic carbocycles. The van der Waals surface area contributed by atoms with Gasteiger partial charge >= 0.3 is 0 Å². The van der Waals surface area contributed by atoms with Crippen LogP contribution >= 0.6 is 0 Å². The molecule has 0 aliphatic carbocycles. The first-order chi connectivity index (χ1) is 8.78. The quantitative estimate of drug-likeness (QED) is 0.872. The number of pyridine rings is 1. The Morgan fingerprint density at radius 1 is 1.22 bits per heavy atom. The predicted octanol–water partition coefficient (Wildman–Crippen LogP) is 3.63. The minimum atomic E-state index is 0.867. The van der Waals surface area contributed by atoms with Gasteiger partial charge < -0.3 is 10.1 Å². The van der Waals surface area contributed by atoms with Gasteiger partial charge in [-0.1, -0.05) is 13.3 Å². The maximum absolute atomic E-state index is 5.28. The van der Waals surface area contributed by atoms with Gasteiger partial charge in [0.05, 0.1) is 12.6 Å². The third-order valence-electron chi connectivity index (χ3n) is 2.94. The lowest BCUT2D eigenvalue weighted by molar-refractivity contribution is 0.415. The van der Waals surface area contributed by atoms with Gasteiger partial charge in [0.15, 0.2) is 0 Å². The molecule has 0 amide bonds. The van der Waals surface area contributed by atoms with Crippen molar-refractivity contribution < 1.29 is 4.74 Å². The van der Waals surface area contributed by atoms with Gasteiger partial charge in [-0.25, -0.2) is 0 Å². The van der Waals surface area contributed by atoms with E-state index in [1.54, 1.807) is 7.11 Å². The van der Waals surface area contributed by atoms with Crippen molar-refractivity contribution in [3.63, 3.8) is 0 Å². The van der Waals surface area contributed by atoms with Crippen LogP contribution in [0.1, 0.15) is 26.0 Å². The summed E-state index contributed by atoms with van der Waals surface area (Å²) >= 11 is 0. The van der Waals surface area contributed by atoms with Crippen LogP contribution in [0.3, 0.4) is 0 Å². The smallest absolute Gasteiger partial charge is 0.119 e. The second-order valence-electron chi connectivity index (χ2n) is 4.32. The fourth-order valence-corrected chi connectivity index (χ4v) is 2.11. The standard InChI is InChI=1S/C15H20N2O/c1-4-6-11-9-15(16-5-2)13-10-12(18-3)7-8-14(13)17-11/h7-10H,4-6H2,1-3H3,(H,16,17). The molecule has 1 aromatic heterocycles. The fraction of sp³-hybridized carbons (Fsp3) is 0.400. The Hall–Kier alpha value is -1.77. The predicted molar refractivity (Wildman–Crippen MR) is 76.5 cm³/mol. The molecule has 0 saturated carbocycles. The van der Waals surface area contributed by atoms with Crippen molar-refractivity contribution in [2.45, 2.75) is 26.7 Å². The number of benzene rings is 1. The zero-order chi connectivity index (χ0) is 13.0. The first-order valence-electron chi connectivity index (χ1n) is 6.50. The zero-order valence-electron chi connectivity index (χ0n) is 11.3. The van der Waals surface area contributed by atoms with Crippen molar-refractivity contribution in [2.75, 3.05) is 19.0 Å². The van der Waals surface area contributed by atoms with Crippen LogP contribution in [0.15, 0.2) is 24.3 Å². The molecule has 0 spiro atoms. The number of anilines is 1.